The van der Waals surface area contributed by atoms with E-state index < -0.39 is 17.6 Å². The predicted molar refractivity (Wildman–Crippen MR) is 46.8 cm³/mol. The minimum absolute atomic E-state index is 0.0169. The SMILES string of the molecule is NC(=O)CCc1cncc(C(F)(F)F)c1. The third kappa shape index (κ3) is 3.57. The lowest BCUT2D eigenvalue weighted by atomic mass is 10.1. The minimum Gasteiger partial charge on any atom is -0.370 e. The number of rotatable bonds is 3. The summed E-state index contributed by atoms with van der Waals surface area (Å²) in [6, 6.07) is 0.968. The molecule has 0 radical (unpaired) electrons. The van der Waals surface area contributed by atoms with E-state index in [1.165, 1.54) is 6.20 Å². The Bertz CT molecular complexity index is 363. The number of primary amides is 1. The Balaban J connectivity index is 2.79. The molecule has 1 aromatic heterocycles. The quantitative estimate of drug-likeness (QED) is 0.836. The summed E-state index contributed by atoms with van der Waals surface area (Å²) in [6.45, 7) is 0. The Hall–Kier alpha value is -1.59. The van der Waals surface area contributed by atoms with Gasteiger partial charge >= 0.3 is 6.18 Å². The molecule has 1 rings (SSSR count). The van der Waals surface area contributed by atoms with Crippen molar-refractivity contribution in [2.24, 2.45) is 5.73 Å². The fourth-order valence-corrected chi connectivity index (χ4v) is 1.05. The summed E-state index contributed by atoms with van der Waals surface area (Å²) in [7, 11) is 0. The summed E-state index contributed by atoms with van der Waals surface area (Å²) < 4.78 is 36.7. The average Bonchev–Trinajstić information content (AvgIpc) is 2.14. The van der Waals surface area contributed by atoms with Crippen molar-refractivity contribution in [2.75, 3.05) is 0 Å². The topological polar surface area (TPSA) is 56.0 Å². The lowest BCUT2D eigenvalue weighted by Gasteiger charge is -2.07. The molecule has 1 amide bonds. The van der Waals surface area contributed by atoms with Crippen LogP contribution in [0.15, 0.2) is 18.5 Å². The number of pyridine rings is 1. The van der Waals surface area contributed by atoms with Gasteiger partial charge in [0, 0.05) is 18.8 Å². The van der Waals surface area contributed by atoms with E-state index in [2.05, 4.69) is 4.98 Å². The number of hydrogen-bond donors (Lipinski definition) is 1. The number of aryl methyl sites for hydroxylation is 1. The highest BCUT2D eigenvalue weighted by Crippen LogP contribution is 2.28. The standard InChI is InChI=1S/C9H9F3N2O/c10-9(11,12)7-3-6(4-14-5-7)1-2-8(13)15/h3-5H,1-2H2,(H2,13,15). The van der Waals surface area contributed by atoms with Gasteiger partial charge in [0.25, 0.3) is 0 Å². The zero-order chi connectivity index (χ0) is 11.5. The second kappa shape index (κ2) is 4.29. The second-order valence-electron chi connectivity index (χ2n) is 3.05. The Kier molecular flexibility index (Phi) is 3.28. The summed E-state index contributed by atoms with van der Waals surface area (Å²) in [5.41, 5.74) is 4.42. The molecular weight excluding hydrogens is 209 g/mol. The van der Waals surface area contributed by atoms with Crippen LogP contribution >= 0.6 is 0 Å². The van der Waals surface area contributed by atoms with Crippen molar-refractivity contribution in [1.82, 2.24) is 4.98 Å². The Morgan fingerprint density at radius 3 is 2.60 bits per heavy atom. The van der Waals surface area contributed by atoms with Gasteiger partial charge in [-0.2, -0.15) is 13.2 Å². The van der Waals surface area contributed by atoms with E-state index in [9.17, 15) is 18.0 Å². The van der Waals surface area contributed by atoms with Crippen molar-refractivity contribution in [3.8, 4) is 0 Å². The van der Waals surface area contributed by atoms with E-state index >= 15 is 0 Å². The Morgan fingerprint density at radius 1 is 1.40 bits per heavy atom. The van der Waals surface area contributed by atoms with Crippen molar-refractivity contribution in [3.05, 3.63) is 29.6 Å². The fraction of sp³-hybridized carbons (Fsp3) is 0.333. The summed E-state index contributed by atoms with van der Waals surface area (Å²) >= 11 is 0. The van der Waals surface area contributed by atoms with Crippen molar-refractivity contribution in [3.63, 3.8) is 0 Å². The molecule has 0 atom stereocenters. The highest BCUT2D eigenvalue weighted by Gasteiger charge is 2.30. The van der Waals surface area contributed by atoms with E-state index in [0.29, 0.717) is 5.56 Å². The molecule has 0 unspecified atom stereocenters. The maximum Gasteiger partial charge on any atom is 0.417 e. The van der Waals surface area contributed by atoms with Crippen LogP contribution in [0.5, 0.6) is 0 Å². The summed E-state index contributed by atoms with van der Waals surface area (Å²) in [6.07, 6.45) is -2.18. The van der Waals surface area contributed by atoms with E-state index in [4.69, 9.17) is 5.73 Å². The van der Waals surface area contributed by atoms with Crippen LogP contribution < -0.4 is 5.73 Å². The Labute approximate surface area is 84.1 Å². The minimum atomic E-state index is -4.41. The number of alkyl halides is 3. The molecular formula is C9H9F3N2O. The lowest BCUT2D eigenvalue weighted by molar-refractivity contribution is -0.137. The molecule has 0 aliphatic heterocycles. The summed E-state index contributed by atoms with van der Waals surface area (Å²) in [4.78, 5) is 13.9. The number of carbonyl (C=O) groups is 1. The molecule has 0 saturated heterocycles. The molecule has 0 aliphatic carbocycles. The molecule has 0 aliphatic rings. The van der Waals surface area contributed by atoms with E-state index in [-0.39, 0.29) is 12.8 Å². The lowest BCUT2D eigenvalue weighted by Crippen LogP contribution is -2.12. The van der Waals surface area contributed by atoms with Crippen LogP contribution in [0.4, 0.5) is 13.2 Å². The van der Waals surface area contributed by atoms with Crippen LogP contribution in [0.3, 0.4) is 0 Å². The number of carbonyl (C=O) groups excluding carboxylic acids is 1. The number of halogens is 3. The molecule has 1 aromatic rings. The van der Waals surface area contributed by atoms with Gasteiger partial charge in [-0.3, -0.25) is 9.78 Å². The molecule has 6 heteroatoms. The van der Waals surface area contributed by atoms with Gasteiger partial charge in [-0.15, -0.1) is 0 Å². The first-order valence-electron chi connectivity index (χ1n) is 4.19. The number of hydrogen-bond acceptors (Lipinski definition) is 2. The van der Waals surface area contributed by atoms with E-state index in [1.54, 1.807) is 0 Å². The maximum absolute atomic E-state index is 12.2. The zero-order valence-corrected chi connectivity index (χ0v) is 7.71. The van der Waals surface area contributed by atoms with Crippen LogP contribution in [-0.4, -0.2) is 10.9 Å². The molecule has 15 heavy (non-hydrogen) atoms. The Morgan fingerprint density at radius 2 is 2.07 bits per heavy atom. The molecule has 0 spiro atoms. The van der Waals surface area contributed by atoms with Gasteiger partial charge in [-0.05, 0) is 18.1 Å². The van der Waals surface area contributed by atoms with Crippen molar-refractivity contribution < 1.29 is 18.0 Å². The largest absolute Gasteiger partial charge is 0.417 e. The smallest absolute Gasteiger partial charge is 0.370 e. The third-order valence-electron chi connectivity index (χ3n) is 1.78. The van der Waals surface area contributed by atoms with Crippen LogP contribution in [-0.2, 0) is 17.4 Å². The van der Waals surface area contributed by atoms with Crippen molar-refractivity contribution >= 4 is 5.91 Å². The summed E-state index contributed by atoms with van der Waals surface area (Å²) in [5, 5.41) is 0. The highest BCUT2D eigenvalue weighted by atomic mass is 19.4. The van der Waals surface area contributed by atoms with Gasteiger partial charge < -0.3 is 5.73 Å². The molecule has 2 N–H and O–H groups in total. The van der Waals surface area contributed by atoms with Crippen LogP contribution in [0.2, 0.25) is 0 Å². The van der Waals surface area contributed by atoms with Crippen LogP contribution in [0.1, 0.15) is 17.5 Å². The molecule has 0 bridgehead atoms. The second-order valence-corrected chi connectivity index (χ2v) is 3.05. The van der Waals surface area contributed by atoms with E-state index in [0.717, 1.165) is 12.3 Å². The molecule has 0 aromatic carbocycles. The maximum atomic E-state index is 12.2. The van der Waals surface area contributed by atoms with Gasteiger partial charge in [-0.25, -0.2) is 0 Å². The first kappa shape index (κ1) is 11.5. The fourth-order valence-electron chi connectivity index (χ4n) is 1.05. The van der Waals surface area contributed by atoms with Gasteiger partial charge in [0.15, 0.2) is 0 Å². The molecule has 0 fully saturated rings. The first-order valence-corrected chi connectivity index (χ1v) is 4.19. The number of nitrogens with zero attached hydrogens (tertiary/aromatic N) is 1. The van der Waals surface area contributed by atoms with Gasteiger partial charge in [0.05, 0.1) is 5.56 Å². The normalized spacial score (nSPS) is 11.4. The zero-order valence-electron chi connectivity index (χ0n) is 7.71. The van der Waals surface area contributed by atoms with E-state index in [1.807, 2.05) is 0 Å². The van der Waals surface area contributed by atoms with Crippen LogP contribution in [0.25, 0.3) is 0 Å². The first-order chi connectivity index (χ1) is 6.89. The number of aromatic nitrogens is 1. The molecule has 82 valence electrons. The number of nitrogens with two attached hydrogens (primary N) is 1. The highest BCUT2D eigenvalue weighted by molar-refractivity contribution is 5.73. The van der Waals surface area contributed by atoms with Gasteiger partial charge in [0.2, 0.25) is 5.91 Å². The number of amides is 1. The van der Waals surface area contributed by atoms with Gasteiger partial charge in [0.1, 0.15) is 0 Å². The monoisotopic (exact) mass is 218 g/mol. The average molecular weight is 218 g/mol. The predicted octanol–water partition coefficient (Wildman–Crippen LogP) is 1.52. The molecule has 3 nitrogen and oxygen atoms in total. The molecule has 0 saturated carbocycles. The van der Waals surface area contributed by atoms with Crippen molar-refractivity contribution in [2.45, 2.75) is 19.0 Å². The van der Waals surface area contributed by atoms with Gasteiger partial charge in [-0.1, -0.05) is 0 Å². The molecule has 1 heterocycles. The van der Waals surface area contributed by atoms with Crippen molar-refractivity contribution in [1.29, 1.82) is 0 Å². The van der Waals surface area contributed by atoms with Crippen LogP contribution in [0, 0.1) is 0 Å². The summed E-state index contributed by atoms with van der Waals surface area (Å²) in [5.74, 6) is -0.549. The third-order valence-corrected chi connectivity index (χ3v) is 1.78.